The molecule has 0 amide bonds. The molecular weight excluding hydrogens is 416 g/mol. The number of ether oxygens (including phenoxy) is 3. The molecule has 7 unspecified atom stereocenters. The monoisotopic (exact) mass is 446 g/mol. The highest BCUT2D eigenvalue weighted by Crippen LogP contribution is 2.70. The number of hydrogen-bond donors (Lipinski definition) is 2. The molecule has 8 nitrogen and oxygen atoms in total. The zero-order valence-electron chi connectivity index (χ0n) is 18.8. The Morgan fingerprint density at radius 1 is 1.09 bits per heavy atom. The van der Waals surface area contributed by atoms with E-state index >= 15 is 0 Å². The summed E-state index contributed by atoms with van der Waals surface area (Å²) in [4.78, 5) is 37.4. The standard InChI is InChI=1S/C24H30O8/c1-14-10-17(31-15(2)25)24(29)21(3)13-30-19(26)12-23(14,24)11-18(22(21,4)28)32-20(27)16-8-6-5-7-9-16/h5-9,14,17-18,28-29H,10-13H2,1-4H3. The molecule has 7 atom stereocenters. The molecule has 2 saturated carbocycles. The topological polar surface area (TPSA) is 119 Å². The summed E-state index contributed by atoms with van der Waals surface area (Å²) in [5.74, 6) is -1.94. The van der Waals surface area contributed by atoms with Crippen LogP contribution in [-0.4, -0.2) is 58.1 Å². The highest BCUT2D eigenvalue weighted by Gasteiger charge is 2.81. The van der Waals surface area contributed by atoms with Crippen molar-refractivity contribution in [1.82, 2.24) is 0 Å². The third-order valence-corrected chi connectivity index (χ3v) is 8.42. The van der Waals surface area contributed by atoms with E-state index in [4.69, 9.17) is 14.2 Å². The predicted molar refractivity (Wildman–Crippen MR) is 111 cm³/mol. The van der Waals surface area contributed by atoms with E-state index in [1.54, 1.807) is 37.3 Å². The van der Waals surface area contributed by atoms with Crippen LogP contribution in [0.2, 0.25) is 0 Å². The fraction of sp³-hybridized carbons (Fsp3) is 0.625. The van der Waals surface area contributed by atoms with E-state index in [0.717, 1.165) is 0 Å². The Morgan fingerprint density at radius 3 is 2.38 bits per heavy atom. The second-order valence-corrected chi connectivity index (χ2v) is 9.94. The first-order valence-electron chi connectivity index (χ1n) is 10.9. The maximum atomic E-state index is 12.9. The van der Waals surface area contributed by atoms with Gasteiger partial charge in [0, 0.05) is 12.3 Å². The van der Waals surface area contributed by atoms with Crippen LogP contribution in [0.15, 0.2) is 30.3 Å². The van der Waals surface area contributed by atoms with Crippen LogP contribution in [0.4, 0.5) is 0 Å². The molecule has 3 fully saturated rings. The number of aliphatic hydroxyl groups is 2. The van der Waals surface area contributed by atoms with Crippen molar-refractivity contribution in [2.24, 2.45) is 16.7 Å². The lowest BCUT2D eigenvalue weighted by Crippen LogP contribution is -2.77. The molecule has 2 N–H and O–H groups in total. The van der Waals surface area contributed by atoms with Crippen molar-refractivity contribution in [2.75, 3.05) is 6.61 Å². The summed E-state index contributed by atoms with van der Waals surface area (Å²) in [6, 6.07) is 8.43. The molecule has 1 saturated heterocycles. The first-order valence-corrected chi connectivity index (χ1v) is 10.9. The van der Waals surface area contributed by atoms with E-state index in [1.165, 1.54) is 13.8 Å². The summed E-state index contributed by atoms with van der Waals surface area (Å²) in [6.45, 7) is 5.92. The predicted octanol–water partition coefficient (Wildman–Crippen LogP) is 2.01. The number of esters is 3. The van der Waals surface area contributed by atoms with Crippen LogP contribution < -0.4 is 0 Å². The van der Waals surface area contributed by atoms with Gasteiger partial charge in [-0.15, -0.1) is 0 Å². The second kappa shape index (κ2) is 7.28. The number of rotatable bonds is 3. The Hall–Kier alpha value is -2.45. The molecule has 1 aromatic rings. The summed E-state index contributed by atoms with van der Waals surface area (Å²) in [5, 5.41) is 24.1. The minimum atomic E-state index is -1.79. The third-order valence-electron chi connectivity index (χ3n) is 8.42. The highest BCUT2D eigenvalue weighted by molar-refractivity contribution is 5.89. The first-order chi connectivity index (χ1) is 14.9. The average Bonchev–Trinajstić information content (AvgIpc) is 2.88. The molecule has 4 rings (SSSR count). The molecular formula is C24H30O8. The van der Waals surface area contributed by atoms with Gasteiger partial charge in [-0.2, -0.15) is 0 Å². The smallest absolute Gasteiger partial charge is 0.338 e. The number of cyclic esters (lactones) is 1. The second-order valence-electron chi connectivity index (χ2n) is 9.94. The van der Waals surface area contributed by atoms with Crippen LogP contribution in [-0.2, 0) is 23.8 Å². The van der Waals surface area contributed by atoms with Crippen LogP contribution in [0.1, 0.15) is 57.3 Å². The average molecular weight is 446 g/mol. The van der Waals surface area contributed by atoms with Crippen molar-refractivity contribution >= 4 is 17.9 Å². The van der Waals surface area contributed by atoms with Crippen molar-refractivity contribution in [3.05, 3.63) is 35.9 Å². The number of hydrogen-bond acceptors (Lipinski definition) is 8. The molecule has 2 aliphatic carbocycles. The van der Waals surface area contributed by atoms with Crippen molar-refractivity contribution in [2.45, 2.75) is 70.4 Å². The maximum absolute atomic E-state index is 12.9. The summed E-state index contributed by atoms with van der Waals surface area (Å²) in [6.07, 6.45) is -1.75. The fourth-order valence-corrected chi connectivity index (χ4v) is 6.38. The molecule has 8 heteroatoms. The minimum absolute atomic E-state index is 0.0265. The minimum Gasteiger partial charge on any atom is -0.465 e. The number of carbonyl (C=O) groups excluding carboxylic acids is 3. The van der Waals surface area contributed by atoms with Gasteiger partial charge in [0.15, 0.2) is 0 Å². The fourth-order valence-electron chi connectivity index (χ4n) is 6.38. The Morgan fingerprint density at radius 2 is 1.75 bits per heavy atom. The molecule has 0 radical (unpaired) electrons. The van der Waals surface area contributed by atoms with E-state index < -0.39 is 52.1 Å². The van der Waals surface area contributed by atoms with Crippen molar-refractivity contribution in [3.8, 4) is 0 Å². The van der Waals surface area contributed by atoms with Crippen LogP contribution >= 0.6 is 0 Å². The lowest BCUT2D eigenvalue weighted by atomic mass is 9.45. The van der Waals surface area contributed by atoms with Crippen LogP contribution in [0.3, 0.4) is 0 Å². The molecule has 3 aliphatic rings. The Balaban J connectivity index is 1.83. The van der Waals surface area contributed by atoms with Crippen LogP contribution in [0, 0.1) is 16.7 Å². The number of benzene rings is 1. The molecule has 1 aliphatic heterocycles. The first kappa shape index (κ1) is 22.7. The van der Waals surface area contributed by atoms with E-state index in [2.05, 4.69) is 0 Å². The summed E-state index contributed by atoms with van der Waals surface area (Å²) >= 11 is 0. The molecule has 0 aromatic heterocycles. The Labute approximate surface area is 186 Å². The van der Waals surface area contributed by atoms with Gasteiger partial charge in [0.25, 0.3) is 0 Å². The van der Waals surface area contributed by atoms with Crippen LogP contribution in [0.5, 0.6) is 0 Å². The SMILES string of the molecule is CC(=O)OC1CC(C)C23CC(=O)OCC(C)(C(C)(O)C(OC(=O)c4ccccc4)C2)C13O. The van der Waals surface area contributed by atoms with Crippen molar-refractivity contribution in [3.63, 3.8) is 0 Å². The lowest BCUT2D eigenvalue weighted by molar-refractivity contribution is -0.315. The van der Waals surface area contributed by atoms with Gasteiger partial charge in [-0.05, 0) is 37.8 Å². The molecule has 174 valence electrons. The largest absolute Gasteiger partial charge is 0.465 e. The molecule has 1 aromatic carbocycles. The molecule has 0 spiro atoms. The van der Waals surface area contributed by atoms with E-state index in [0.29, 0.717) is 12.0 Å². The maximum Gasteiger partial charge on any atom is 0.338 e. The van der Waals surface area contributed by atoms with Gasteiger partial charge in [0.2, 0.25) is 0 Å². The van der Waals surface area contributed by atoms with E-state index in [-0.39, 0.29) is 25.4 Å². The van der Waals surface area contributed by atoms with Gasteiger partial charge in [0.1, 0.15) is 30.0 Å². The van der Waals surface area contributed by atoms with Gasteiger partial charge < -0.3 is 24.4 Å². The normalized spacial score (nSPS) is 42.9. The zero-order chi connectivity index (χ0) is 23.5. The quantitative estimate of drug-likeness (QED) is 0.535. The summed E-state index contributed by atoms with van der Waals surface area (Å²) in [7, 11) is 0. The van der Waals surface area contributed by atoms with Crippen molar-refractivity contribution < 1.29 is 38.8 Å². The Kier molecular flexibility index (Phi) is 5.17. The summed E-state index contributed by atoms with van der Waals surface area (Å²) < 4.78 is 16.8. The van der Waals surface area contributed by atoms with Crippen LogP contribution in [0.25, 0.3) is 0 Å². The van der Waals surface area contributed by atoms with Gasteiger partial charge in [-0.1, -0.05) is 32.0 Å². The summed E-state index contributed by atoms with van der Waals surface area (Å²) in [5.41, 5.74) is -5.81. The van der Waals surface area contributed by atoms with Gasteiger partial charge in [-0.3, -0.25) is 9.59 Å². The molecule has 2 bridgehead atoms. The molecule has 32 heavy (non-hydrogen) atoms. The number of carbonyl (C=O) groups is 3. The third kappa shape index (κ3) is 2.85. The van der Waals surface area contributed by atoms with Gasteiger partial charge in [-0.25, -0.2) is 4.79 Å². The van der Waals surface area contributed by atoms with Gasteiger partial charge in [0.05, 0.1) is 17.4 Å². The van der Waals surface area contributed by atoms with E-state index in [1.807, 2.05) is 6.92 Å². The molecule has 1 heterocycles. The lowest BCUT2D eigenvalue weighted by Gasteiger charge is -2.63. The van der Waals surface area contributed by atoms with E-state index in [9.17, 15) is 24.6 Å². The highest BCUT2D eigenvalue weighted by atomic mass is 16.6. The van der Waals surface area contributed by atoms with Gasteiger partial charge >= 0.3 is 17.9 Å². The zero-order valence-corrected chi connectivity index (χ0v) is 18.8. The van der Waals surface area contributed by atoms with Crippen molar-refractivity contribution in [1.29, 1.82) is 0 Å². The Bertz CT molecular complexity index is 943.